The van der Waals surface area contributed by atoms with Gasteiger partial charge in [-0.25, -0.2) is 14.2 Å². The van der Waals surface area contributed by atoms with Crippen LogP contribution in [0.25, 0.3) is 5.69 Å². The van der Waals surface area contributed by atoms with Gasteiger partial charge in [-0.3, -0.25) is 4.79 Å². The van der Waals surface area contributed by atoms with Crippen LogP contribution in [0.3, 0.4) is 0 Å². The van der Waals surface area contributed by atoms with Crippen LogP contribution in [0, 0.1) is 12.7 Å². The minimum atomic E-state index is -0.536. The first-order valence-corrected chi connectivity index (χ1v) is 7.79. The second-order valence-corrected chi connectivity index (χ2v) is 5.54. The lowest BCUT2D eigenvalue weighted by Gasteiger charge is -2.10. The number of benzene rings is 2. The van der Waals surface area contributed by atoms with Crippen molar-refractivity contribution >= 4 is 17.6 Å². The van der Waals surface area contributed by atoms with E-state index < -0.39 is 17.7 Å². The summed E-state index contributed by atoms with van der Waals surface area (Å²) in [6.45, 7) is 1.77. The number of carbonyl (C=O) groups is 2. The van der Waals surface area contributed by atoms with E-state index in [0.717, 1.165) is 0 Å². The van der Waals surface area contributed by atoms with E-state index in [1.54, 1.807) is 54.2 Å². The molecule has 2 aromatic carbocycles. The minimum absolute atomic E-state index is 0.261. The van der Waals surface area contributed by atoms with Crippen LogP contribution in [0.2, 0.25) is 0 Å². The third-order valence-electron chi connectivity index (χ3n) is 3.84. The molecule has 0 unspecified atom stereocenters. The number of hydrogen-bond acceptors (Lipinski definition) is 4. The molecule has 0 bridgehead atoms. The number of nitrogens with zero attached hydrogens (tertiary/aromatic N) is 2. The molecule has 0 saturated heterocycles. The van der Waals surface area contributed by atoms with Crippen LogP contribution < -0.4 is 5.32 Å². The fraction of sp³-hybridized carbons (Fsp3) is 0.105. The number of ether oxygens (including phenoxy) is 1. The molecule has 1 amide bonds. The molecule has 0 spiro atoms. The predicted octanol–water partition coefficient (Wildman–Crippen LogP) is 3.36. The van der Waals surface area contributed by atoms with E-state index in [1.807, 2.05) is 0 Å². The standard InChI is InChI=1S/C19H16FN3O3/c1-12-21-8-9-23(12)17-7-6-15(11-16(17)20)22-18(24)13-4-3-5-14(10-13)19(25)26-2/h3-11H,1-2H3,(H,22,24). The molecule has 132 valence electrons. The molecule has 3 rings (SSSR count). The van der Waals surface area contributed by atoms with Crippen molar-refractivity contribution in [3.8, 4) is 5.69 Å². The molecule has 0 aliphatic carbocycles. The maximum absolute atomic E-state index is 14.4. The summed E-state index contributed by atoms with van der Waals surface area (Å²) in [5.41, 5.74) is 1.17. The molecule has 1 heterocycles. The Hall–Kier alpha value is -3.48. The average molecular weight is 353 g/mol. The molecule has 0 atom stereocenters. The fourth-order valence-electron chi connectivity index (χ4n) is 2.52. The van der Waals surface area contributed by atoms with Crippen LogP contribution >= 0.6 is 0 Å². The first kappa shape index (κ1) is 17.3. The van der Waals surface area contributed by atoms with E-state index in [0.29, 0.717) is 17.2 Å². The van der Waals surface area contributed by atoms with Gasteiger partial charge in [-0.1, -0.05) is 6.07 Å². The summed E-state index contributed by atoms with van der Waals surface area (Å²) < 4.78 is 20.6. The Kier molecular flexibility index (Phi) is 4.79. The number of halogens is 1. The lowest BCUT2D eigenvalue weighted by Crippen LogP contribution is -2.13. The van der Waals surface area contributed by atoms with Crippen LogP contribution in [-0.4, -0.2) is 28.5 Å². The largest absolute Gasteiger partial charge is 0.465 e. The SMILES string of the molecule is COC(=O)c1cccc(C(=O)Nc2ccc(-n3ccnc3C)c(F)c2)c1. The Morgan fingerprint density at radius 3 is 2.58 bits per heavy atom. The maximum Gasteiger partial charge on any atom is 0.337 e. The highest BCUT2D eigenvalue weighted by Gasteiger charge is 2.13. The summed E-state index contributed by atoms with van der Waals surface area (Å²) >= 11 is 0. The van der Waals surface area contributed by atoms with Crippen LogP contribution in [0.15, 0.2) is 54.9 Å². The highest BCUT2D eigenvalue weighted by Crippen LogP contribution is 2.20. The molecule has 0 aliphatic heterocycles. The number of esters is 1. The van der Waals surface area contributed by atoms with E-state index in [2.05, 4.69) is 15.0 Å². The Labute approximate surface area is 149 Å². The second kappa shape index (κ2) is 7.18. The summed E-state index contributed by atoms with van der Waals surface area (Å²) in [7, 11) is 1.27. The molecule has 1 N–H and O–H groups in total. The Bertz CT molecular complexity index is 982. The quantitative estimate of drug-likeness (QED) is 0.730. The van der Waals surface area contributed by atoms with E-state index in [9.17, 15) is 14.0 Å². The molecular formula is C19H16FN3O3. The molecule has 0 fully saturated rings. The number of imidazole rings is 1. The number of rotatable bonds is 4. The van der Waals surface area contributed by atoms with Gasteiger partial charge >= 0.3 is 5.97 Å². The van der Waals surface area contributed by atoms with Gasteiger partial charge in [-0.2, -0.15) is 0 Å². The van der Waals surface area contributed by atoms with Gasteiger partial charge in [0.25, 0.3) is 5.91 Å². The van der Waals surface area contributed by atoms with Crippen molar-refractivity contribution in [2.45, 2.75) is 6.92 Å². The third kappa shape index (κ3) is 3.46. The van der Waals surface area contributed by atoms with Gasteiger partial charge in [0.15, 0.2) is 0 Å². The lowest BCUT2D eigenvalue weighted by atomic mass is 10.1. The molecule has 3 aromatic rings. The van der Waals surface area contributed by atoms with Gasteiger partial charge in [0.05, 0.1) is 18.4 Å². The molecular weight excluding hydrogens is 337 g/mol. The zero-order valence-corrected chi connectivity index (χ0v) is 14.2. The molecule has 26 heavy (non-hydrogen) atoms. The third-order valence-corrected chi connectivity index (χ3v) is 3.84. The molecule has 0 radical (unpaired) electrons. The predicted molar refractivity (Wildman–Crippen MR) is 94.0 cm³/mol. The van der Waals surface area contributed by atoms with E-state index in [-0.39, 0.29) is 11.1 Å². The van der Waals surface area contributed by atoms with Crippen molar-refractivity contribution < 1.29 is 18.7 Å². The van der Waals surface area contributed by atoms with Crippen LogP contribution in [0.4, 0.5) is 10.1 Å². The Morgan fingerprint density at radius 1 is 1.15 bits per heavy atom. The minimum Gasteiger partial charge on any atom is -0.465 e. The fourth-order valence-corrected chi connectivity index (χ4v) is 2.52. The smallest absolute Gasteiger partial charge is 0.337 e. The summed E-state index contributed by atoms with van der Waals surface area (Å²) in [4.78, 5) is 28.0. The van der Waals surface area contributed by atoms with E-state index >= 15 is 0 Å². The van der Waals surface area contributed by atoms with Crippen molar-refractivity contribution in [1.82, 2.24) is 9.55 Å². The number of aromatic nitrogens is 2. The topological polar surface area (TPSA) is 73.2 Å². The number of amides is 1. The molecule has 6 nitrogen and oxygen atoms in total. The summed E-state index contributed by atoms with van der Waals surface area (Å²) in [6, 6.07) is 10.5. The number of hydrogen-bond donors (Lipinski definition) is 1. The zero-order chi connectivity index (χ0) is 18.7. The maximum atomic E-state index is 14.4. The number of anilines is 1. The number of methoxy groups -OCH3 is 1. The Balaban J connectivity index is 1.81. The summed E-state index contributed by atoms with van der Waals surface area (Å²) in [5.74, 6) is -0.833. The normalized spacial score (nSPS) is 10.4. The van der Waals surface area contributed by atoms with Gasteiger partial charge in [0.1, 0.15) is 11.6 Å². The van der Waals surface area contributed by atoms with E-state index in [1.165, 1.54) is 19.2 Å². The van der Waals surface area contributed by atoms with Crippen LogP contribution in [-0.2, 0) is 4.74 Å². The molecule has 0 aliphatic rings. The van der Waals surface area contributed by atoms with Crippen molar-refractivity contribution in [2.24, 2.45) is 0 Å². The van der Waals surface area contributed by atoms with Gasteiger partial charge in [-0.15, -0.1) is 0 Å². The Morgan fingerprint density at radius 2 is 1.92 bits per heavy atom. The molecule has 0 saturated carbocycles. The van der Waals surface area contributed by atoms with Gasteiger partial charge < -0.3 is 14.6 Å². The second-order valence-electron chi connectivity index (χ2n) is 5.54. The van der Waals surface area contributed by atoms with Crippen molar-refractivity contribution in [3.05, 3.63) is 77.6 Å². The van der Waals surface area contributed by atoms with Crippen LogP contribution in [0.5, 0.6) is 0 Å². The summed E-state index contributed by atoms with van der Waals surface area (Å²) in [5, 5.41) is 2.61. The van der Waals surface area contributed by atoms with E-state index in [4.69, 9.17) is 0 Å². The van der Waals surface area contributed by atoms with Crippen LogP contribution in [0.1, 0.15) is 26.5 Å². The lowest BCUT2D eigenvalue weighted by molar-refractivity contribution is 0.0600. The van der Waals surface area contributed by atoms with Crippen molar-refractivity contribution in [2.75, 3.05) is 12.4 Å². The number of nitrogens with one attached hydrogen (secondary N) is 1. The highest BCUT2D eigenvalue weighted by molar-refractivity contribution is 6.05. The van der Waals surface area contributed by atoms with Gasteiger partial charge in [-0.05, 0) is 43.3 Å². The monoisotopic (exact) mass is 353 g/mol. The molecule has 7 heteroatoms. The number of aryl methyl sites for hydroxylation is 1. The van der Waals surface area contributed by atoms with Crippen molar-refractivity contribution in [3.63, 3.8) is 0 Å². The van der Waals surface area contributed by atoms with Gasteiger partial charge in [0, 0.05) is 23.6 Å². The van der Waals surface area contributed by atoms with Crippen molar-refractivity contribution in [1.29, 1.82) is 0 Å². The number of carbonyl (C=O) groups excluding carboxylic acids is 2. The first-order valence-electron chi connectivity index (χ1n) is 7.79. The zero-order valence-electron chi connectivity index (χ0n) is 14.2. The average Bonchev–Trinajstić information content (AvgIpc) is 3.07. The van der Waals surface area contributed by atoms with Gasteiger partial charge in [0.2, 0.25) is 0 Å². The molecule has 1 aromatic heterocycles. The summed E-state index contributed by atoms with van der Waals surface area (Å²) in [6.07, 6.45) is 3.24. The highest BCUT2D eigenvalue weighted by atomic mass is 19.1. The first-order chi connectivity index (χ1) is 12.5.